The molecule has 0 saturated heterocycles. The molecule has 0 radical (unpaired) electrons. The number of aliphatic hydroxyl groups excluding tert-OH is 1. The molecule has 0 saturated carbocycles. The molecular weight excluding hydrogens is 194 g/mol. The number of amides is 1. The zero-order valence-corrected chi connectivity index (χ0v) is 8.86. The first kappa shape index (κ1) is 11.7. The molecule has 1 aromatic rings. The lowest BCUT2D eigenvalue weighted by Gasteiger charge is -2.15. The quantitative estimate of drug-likeness (QED) is 0.630. The number of aromatic amines is 1. The van der Waals surface area contributed by atoms with Crippen LogP contribution >= 0.6 is 0 Å². The lowest BCUT2D eigenvalue weighted by molar-refractivity contribution is -0.121. The minimum atomic E-state index is -0.0421. The van der Waals surface area contributed by atoms with Crippen LogP contribution in [0.2, 0.25) is 0 Å². The van der Waals surface area contributed by atoms with Crippen LogP contribution in [-0.2, 0) is 11.2 Å². The number of hydrogen-bond donors (Lipinski definition) is 3. The second-order valence-electron chi connectivity index (χ2n) is 3.44. The van der Waals surface area contributed by atoms with Gasteiger partial charge in [-0.05, 0) is 18.9 Å². The predicted octanol–water partition coefficient (Wildman–Crippen LogP) is 0.229. The van der Waals surface area contributed by atoms with E-state index in [0.29, 0.717) is 12.8 Å². The summed E-state index contributed by atoms with van der Waals surface area (Å²) in [4.78, 5) is 11.5. The molecule has 0 fully saturated rings. The van der Waals surface area contributed by atoms with E-state index in [9.17, 15) is 4.79 Å². The van der Waals surface area contributed by atoms with Crippen molar-refractivity contribution < 1.29 is 9.90 Å². The standard InChI is InChI=1S/C10H17N3O2/c1-2-8(4-6-14)12-10(15)7-9-3-5-11-13-9/h3,5,8,14H,2,4,6-7H2,1H3,(H,11,13)(H,12,15). The third kappa shape index (κ3) is 4.12. The molecule has 5 nitrogen and oxygen atoms in total. The summed E-state index contributed by atoms with van der Waals surface area (Å²) in [6.45, 7) is 2.08. The van der Waals surface area contributed by atoms with Crippen LogP contribution < -0.4 is 5.32 Å². The maximum absolute atomic E-state index is 11.5. The normalized spacial score (nSPS) is 12.4. The van der Waals surface area contributed by atoms with Gasteiger partial charge in [0.2, 0.25) is 5.91 Å². The number of carbonyl (C=O) groups is 1. The fourth-order valence-electron chi connectivity index (χ4n) is 1.37. The van der Waals surface area contributed by atoms with E-state index in [0.717, 1.165) is 12.1 Å². The van der Waals surface area contributed by atoms with E-state index in [2.05, 4.69) is 15.5 Å². The topological polar surface area (TPSA) is 78.0 Å². The second-order valence-corrected chi connectivity index (χ2v) is 3.44. The van der Waals surface area contributed by atoms with Crippen molar-refractivity contribution in [1.29, 1.82) is 0 Å². The molecule has 0 spiro atoms. The van der Waals surface area contributed by atoms with Gasteiger partial charge in [-0.1, -0.05) is 6.92 Å². The van der Waals surface area contributed by atoms with Crippen molar-refractivity contribution in [3.63, 3.8) is 0 Å². The zero-order chi connectivity index (χ0) is 11.1. The van der Waals surface area contributed by atoms with Crippen LogP contribution in [-0.4, -0.2) is 33.9 Å². The third-order valence-electron chi connectivity index (χ3n) is 2.24. The van der Waals surface area contributed by atoms with Crippen molar-refractivity contribution in [1.82, 2.24) is 15.5 Å². The summed E-state index contributed by atoms with van der Waals surface area (Å²) >= 11 is 0. The number of aromatic nitrogens is 2. The monoisotopic (exact) mass is 211 g/mol. The van der Waals surface area contributed by atoms with Crippen molar-refractivity contribution >= 4 is 5.91 Å². The number of nitrogens with one attached hydrogen (secondary N) is 2. The van der Waals surface area contributed by atoms with Crippen molar-refractivity contribution in [3.8, 4) is 0 Å². The molecular formula is C10H17N3O2. The molecule has 1 unspecified atom stereocenters. The first-order valence-electron chi connectivity index (χ1n) is 5.14. The lowest BCUT2D eigenvalue weighted by Crippen LogP contribution is -2.36. The van der Waals surface area contributed by atoms with Crippen molar-refractivity contribution in [3.05, 3.63) is 18.0 Å². The van der Waals surface area contributed by atoms with E-state index in [1.807, 2.05) is 6.92 Å². The number of H-pyrrole nitrogens is 1. The van der Waals surface area contributed by atoms with Crippen LogP contribution in [0.5, 0.6) is 0 Å². The van der Waals surface area contributed by atoms with Gasteiger partial charge >= 0.3 is 0 Å². The molecule has 0 aromatic carbocycles. The Hall–Kier alpha value is -1.36. The molecule has 1 rings (SSSR count). The van der Waals surface area contributed by atoms with Crippen LogP contribution in [0.3, 0.4) is 0 Å². The molecule has 1 heterocycles. The number of hydrogen-bond acceptors (Lipinski definition) is 3. The molecule has 3 N–H and O–H groups in total. The number of aliphatic hydroxyl groups is 1. The Morgan fingerprint density at radius 1 is 1.73 bits per heavy atom. The Balaban J connectivity index is 2.34. The fraction of sp³-hybridized carbons (Fsp3) is 0.600. The van der Waals surface area contributed by atoms with E-state index in [1.54, 1.807) is 12.3 Å². The molecule has 1 atom stereocenters. The summed E-state index contributed by atoms with van der Waals surface area (Å²) in [5.74, 6) is -0.0421. The molecule has 5 heteroatoms. The molecule has 15 heavy (non-hydrogen) atoms. The van der Waals surface area contributed by atoms with E-state index in [4.69, 9.17) is 5.11 Å². The Bertz CT molecular complexity index is 285. The Labute approximate surface area is 88.9 Å². The minimum Gasteiger partial charge on any atom is -0.396 e. The highest BCUT2D eigenvalue weighted by atomic mass is 16.3. The van der Waals surface area contributed by atoms with Gasteiger partial charge in [-0.3, -0.25) is 9.89 Å². The summed E-state index contributed by atoms with van der Waals surface area (Å²) in [5.41, 5.74) is 0.798. The predicted molar refractivity (Wildman–Crippen MR) is 56.2 cm³/mol. The molecule has 1 amide bonds. The van der Waals surface area contributed by atoms with Gasteiger partial charge in [0.05, 0.1) is 6.42 Å². The maximum atomic E-state index is 11.5. The molecule has 0 bridgehead atoms. The van der Waals surface area contributed by atoms with Gasteiger partial charge in [0.1, 0.15) is 0 Å². The minimum absolute atomic E-state index is 0.0421. The molecule has 84 valence electrons. The molecule has 0 aliphatic carbocycles. The lowest BCUT2D eigenvalue weighted by atomic mass is 10.1. The second kappa shape index (κ2) is 6.19. The first-order valence-corrected chi connectivity index (χ1v) is 5.14. The SMILES string of the molecule is CCC(CCO)NC(=O)Cc1ccn[nH]1. The van der Waals surface area contributed by atoms with Crippen molar-refractivity contribution in [2.45, 2.75) is 32.2 Å². The van der Waals surface area contributed by atoms with Crippen LogP contribution in [0.4, 0.5) is 0 Å². The van der Waals surface area contributed by atoms with Crippen LogP contribution in [0, 0.1) is 0 Å². The van der Waals surface area contributed by atoms with Gasteiger partial charge in [-0.25, -0.2) is 0 Å². The highest BCUT2D eigenvalue weighted by Gasteiger charge is 2.10. The van der Waals surface area contributed by atoms with Crippen molar-refractivity contribution in [2.24, 2.45) is 0 Å². The van der Waals surface area contributed by atoms with Crippen LogP contribution in [0.15, 0.2) is 12.3 Å². The van der Waals surface area contributed by atoms with Gasteiger partial charge in [-0.2, -0.15) is 5.10 Å². The first-order chi connectivity index (χ1) is 7.26. The van der Waals surface area contributed by atoms with E-state index >= 15 is 0 Å². The summed E-state index contributed by atoms with van der Waals surface area (Å²) in [5, 5.41) is 18.1. The van der Waals surface area contributed by atoms with Gasteiger partial charge in [-0.15, -0.1) is 0 Å². The Morgan fingerprint density at radius 2 is 2.53 bits per heavy atom. The summed E-state index contributed by atoms with van der Waals surface area (Å²) in [6, 6.07) is 1.83. The number of nitrogens with zero attached hydrogens (tertiary/aromatic N) is 1. The molecule has 0 aliphatic heterocycles. The summed E-state index contributed by atoms with van der Waals surface area (Å²) in [7, 11) is 0. The molecule has 0 aliphatic rings. The van der Waals surface area contributed by atoms with E-state index in [1.165, 1.54) is 0 Å². The van der Waals surface area contributed by atoms with Gasteiger partial charge in [0.15, 0.2) is 0 Å². The summed E-state index contributed by atoms with van der Waals surface area (Å²) in [6.07, 6.45) is 3.36. The fourth-order valence-corrected chi connectivity index (χ4v) is 1.37. The van der Waals surface area contributed by atoms with Crippen LogP contribution in [0.1, 0.15) is 25.5 Å². The highest BCUT2D eigenvalue weighted by Crippen LogP contribution is 1.98. The maximum Gasteiger partial charge on any atom is 0.226 e. The number of carbonyl (C=O) groups excluding carboxylic acids is 1. The van der Waals surface area contributed by atoms with Gasteiger partial charge < -0.3 is 10.4 Å². The summed E-state index contributed by atoms with van der Waals surface area (Å²) < 4.78 is 0. The van der Waals surface area contributed by atoms with E-state index in [-0.39, 0.29) is 18.6 Å². The largest absolute Gasteiger partial charge is 0.396 e. The zero-order valence-electron chi connectivity index (χ0n) is 8.86. The van der Waals surface area contributed by atoms with Crippen LogP contribution in [0.25, 0.3) is 0 Å². The average molecular weight is 211 g/mol. The Kier molecular flexibility index (Phi) is 4.83. The Morgan fingerprint density at radius 3 is 3.07 bits per heavy atom. The van der Waals surface area contributed by atoms with Gasteiger partial charge in [0, 0.05) is 24.5 Å². The van der Waals surface area contributed by atoms with Crippen molar-refractivity contribution in [2.75, 3.05) is 6.61 Å². The van der Waals surface area contributed by atoms with E-state index < -0.39 is 0 Å². The average Bonchev–Trinajstić information content (AvgIpc) is 2.69. The third-order valence-corrected chi connectivity index (χ3v) is 2.24. The number of rotatable bonds is 6. The highest BCUT2D eigenvalue weighted by molar-refractivity contribution is 5.78. The van der Waals surface area contributed by atoms with Gasteiger partial charge in [0.25, 0.3) is 0 Å². The molecule has 1 aromatic heterocycles. The smallest absolute Gasteiger partial charge is 0.226 e.